The standard InChI is InChI=1S/C19H33N5O2S/c1-14-23-16(13-27-14)8-9-21-17(20-5)22-11-15-7-6-10-24(12-15)18(25)26-19(2,3)4/h13,15H,6-12H2,1-5H3,(H2,20,21,22). The normalized spacial score (nSPS) is 18.3. The van der Waals surface area contributed by atoms with E-state index in [2.05, 4.69) is 26.0 Å². The largest absolute Gasteiger partial charge is 0.444 e. The van der Waals surface area contributed by atoms with Gasteiger partial charge in [0.15, 0.2) is 5.96 Å². The first kappa shape index (κ1) is 21.5. The predicted molar refractivity (Wildman–Crippen MR) is 110 cm³/mol. The molecular formula is C19H33N5O2S. The van der Waals surface area contributed by atoms with Crippen molar-refractivity contribution in [3.8, 4) is 0 Å². The number of nitrogens with one attached hydrogen (secondary N) is 2. The molecule has 1 aliphatic rings. The van der Waals surface area contributed by atoms with E-state index in [1.807, 2.05) is 32.6 Å². The van der Waals surface area contributed by atoms with Crippen LogP contribution >= 0.6 is 11.3 Å². The van der Waals surface area contributed by atoms with Gasteiger partial charge < -0.3 is 20.3 Å². The zero-order valence-electron chi connectivity index (χ0n) is 17.2. The molecule has 1 aromatic heterocycles. The van der Waals surface area contributed by atoms with Crippen molar-refractivity contribution in [1.82, 2.24) is 20.5 Å². The number of aliphatic imine (C=N–C) groups is 1. The minimum absolute atomic E-state index is 0.215. The van der Waals surface area contributed by atoms with Crippen molar-refractivity contribution in [3.63, 3.8) is 0 Å². The number of aryl methyl sites for hydroxylation is 1. The van der Waals surface area contributed by atoms with Gasteiger partial charge in [-0.3, -0.25) is 4.99 Å². The Balaban J connectivity index is 1.72. The number of piperidine rings is 1. The van der Waals surface area contributed by atoms with Gasteiger partial charge in [0.05, 0.1) is 10.7 Å². The molecule has 2 heterocycles. The molecule has 1 aromatic rings. The number of rotatable bonds is 5. The van der Waals surface area contributed by atoms with Crippen LogP contribution in [0.4, 0.5) is 4.79 Å². The molecule has 0 bridgehead atoms. The van der Waals surface area contributed by atoms with Crippen LogP contribution in [0.2, 0.25) is 0 Å². The number of carbonyl (C=O) groups is 1. The van der Waals surface area contributed by atoms with E-state index in [1.54, 1.807) is 18.4 Å². The molecule has 0 spiro atoms. The summed E-state index contributed by atoms with van der Waals surface area (Å²) in [6, 6.07) is 0. The van der Waals surface area contributed by atoms with Crippen molar-refractivity contribution in [2.45, 2.75) is 52.6 Å². The third kappa shape index (κ3) is 7.74. The molecule has 7 nitrogen and oxygen atoms in total. The summed E-state index contributed by atoms with van der Waals surface area (Å²) in [7, 11) is 1.77. The summed E-state index contributed by atoms with van der Waals surface area (Å²) < 4.78 is 5.49. The zero-order chi connectivity index (χ0) is 19.9. The fraction of sp³-hybridized carbons (Fsp3) is 0.737. The lowest BCUT2D eigenvalue weighted by Crippen LogP contribution is -2.47. The summed E-state index contributed by atoms with van der Waals surface area (Å²) in [5.41, 5.74) is 0.658. The summed E-state index contributed by atoms with van der Waals surface area (Å²) in [4.78, 5) is 22.8. The molecule has 0 aromatic carbocycles. The van der Waals surface area contributed by atoms with Gasteiger partial charge in [-0.1, -0.05) is 0 Å². The quantitative estimate of drug-likeness (QED) is 0.592. The number of guanidine groups is 1. The summed E-state index contributed by atoms with van der Waals surface area (Å²) in [6.07, 6.45) is 2.76. The summed E-state index contributed by atoms with van der Waals surface area (Å²) in [5.74, 6) is 1.18. The Hall–Kier alpha value is -1.83. The topological polar surface area (TPSA) is 78.9 Å². The number of likely N-dealkylation sites (tertiary alicyclic amines) is 1. The van der Waals surface area contributed by atoms with Crippen LogP contribution in [0.5, 0.6) is 0 Å². The zero-order valence-corrected chi connectivity index (χ0v) is 18.0. The molecule has 0 aliphatic carbocycles. The highest BCUT2D eigenvalue weighted by Gasteiger charge is 2.27. The number of amides is 1. The maximum absolute atomic E-state index is 12.3. The highest BCUT2D eigenvalue weighted by atomic mass is 32.1. The lowest BCUT2D eigenvalue weighted by atomic mass is 9.98. The van der Waals surface area contributed by atoms with Crippen LogP contribution in [0.15, 0.2) is 10.4 Å². The Morgan fingerprint density at radius 1 is 1.44 bits per heavy atom. The number of carbonyl (C=O) groups excluding carboxylic acids is 1. The van der Waals surface area contributed by atoms with Crippen molar-refractivity contribution in [2.75, 3.05) is 33.2 Å². The van der Waals surface area contributed by atoms with Gasteiger partial charge in [-0.15, -0.1) is 11.3 Å². The van der Waals surface area contributed by atoms with Crippen molar-refractivity contribution in [1.29, 1.82) is 0 Å². The SMILES string of the molecule is CN=C(NCCc1csc(C)n1)NCC1CCCN(C(=O)OC(C)(C)C)C1. The predicted octanol–water partition coefficient (Wildman–Crippen LogP) is 2.81. The first-order chi connectivity index (χ1) is 12.8. The lowest BCUT2D eigenvalue weighted by molar-refractivity contribution is 0.0168. The molecule has 2 N–H and O–H groups in total. The Morgan fingerprint density at radius 3 is 2.85 bits per heavy atom. The van der Waals surface area contributed by atoms with E-state index in [-0.39, 0.29) is 6.09 Å². The van der Waals surface area contributed by atoms with Crippen LogP contribution in [0.25, 0.3) is 0 Å². The third-order valence-corrected chi connectivity index (χ3v) is 5.11. The Kier molecular flexibility index (Phi) is 7.89. The van der Waals surface area contributed by atoms with Crippen molar-refractivity contribution < 1.29 is 9.53 Å². The molecule has 0 radical (unpaired) electrons. The first-order valence-electron chi connectivity index (χ1n) is 9.60. The summed E-state index contributed by atoms with van der Waals surface area (Å²) in [5, 5.41) is 9.91. The minimum Gasteiger partial charge on any atom is -0.444 e. The number of hydrogen-bond donors (Lipinski definition) is 2. The Bertz CT molecular complexity index is 638. The third-order valence-electron chi connectivity index (χ3n) is 4.29. The molecule has 1 saturated heterocycles. The second-order valence-electron chi connectivity index (χ2n) is 7.92. The van der Waals surface area contributed by atoms with Gasteiger partial charge in [-0.25, -0.2) is 9.78 Å². The average molecular weight is 396 g/mol. The highest BCUT2D eigenvalue weighted by Crippen LogP contribution is 2.18. The van der Waals surface area contributed by atoms with E-state index in [0.717, 1.165) is 62.1 Å². The highest BCUT2D eigenvalue weighted by molar-refractivity contribution is 7.09. The van der Waals surface area contributed by atoms with E-state index in [4.69, 9.17) is 4.74 Å². The fourth-order valence-electron chi connectivity index (χ4n) is 3.02. The monoisotopic (exact) mass is 395 g/mol. The average Bonchev–Trinajstić information content (AvgIpc) is 3.02. The number of nitrogens with zero attached hydrogens (tertiary/aromatic N) is 3. The van der Waals surface area contributed by atoms with Gasteiger partial charge in [0, 0.05) is 45.0 Å². The molecule has 1 unspecified atom stereocenters. The maximum Gasteiger partial charge on any atom is 0.410 e. The smallest absolute Gasteiger partial charge is 0.410 e. The Morgan fingerprint density at radius 2 is 2.22 bits per heavy atom. The van der Waals surface area contributed by atoms with Gasteiger partial charge >= 0.3 is 6.09 Å². The lowest BCUT2D eigenvalue weighted by Gasteiger charge is -2.34. The second kappa shape index (κ2) is 9.92. The van der Waals surface area contributed by atoms with Crippen LogP contribution in [-0.2, 0) is 11.2 Å². The molecule has 1 fully saturated rings. The van der Waals surface area contributed by atoms with E-state index in [0.29, 0.717) is 5.92 Å². The number of thiazole rings is 1. The molecule has 8 heteroatoms. The summed E-state index contributed by atoms with van der Waals surface area (Å²) in [6.45, 7) is 10.8. The molecule has 27 heavy (non-hydrogen) atoms. The molecule has 1 amide bonds. The number of hydrogen-bond acceptors (Lipinski definition) is 5. The van der Waals surface area contributed by atoms with Gasteiger partial charge in [-0.05, 0) is 46.5 Å². The van der Waals surface area contributed by atoms with E-state index in [1.165, 1.54) is 0 Å². The van der Waals surface area contributed by atoms with Gasteiger partial charge in [0.1, 0.15) is 5.60 Å². The Labute approximate surface area is 166 Å². The summed E-state index contributed by atoms with van der Waals surface area (Å²) >= 11 is 1.68. The van der Waals surface area contributed by atoms with E-state index in [9.17, 15) is 4.79 Å². The number of ether oxygens (including phenoxy) is 1. The molecule has 152 valence electrons. The molecule has 1 atom stereocenters. The minimum atomic E-state index is -0.454. The van der Waals surface area contributed by atoms with Gasteiger partial charge in [0.25, 0.3) is 0 Å². The molecular weight excluding hydrogens is 362 g/mol. The second-order valence-corrected chi connectivity index (χ2v) is 8.98. The van der Waals surface area contributed by atoms with E-state index >= 15 is 0 Å². The van der Waals surface area contributed by atoms with Gasteiger partial charge in [-0.2, -0.15) is 0 Å². The molecule has 0 saturated carbocycles. The molecule has 1 aliphatic heterocycles. The van der Waals surface area contributed by atoms with Crippen LogP contribution in [0.1, 0.15) is 44.3 Å². The maximum atomic E-state index is 12.3. The van der Waals surface area contributed by atoms with Crippen LogP contribution in [0.3, 0.4) is 0 Å². The van der Waals surface area contributed by atoms with E-state index < -0.39 is 5.60 Å². The van der Waals surface area contributed by atoms with Crippen molar-refractivity contribution >= 4 is 23.4 Å². The van der Waals surface area contributed by atoms with Gasteiger partial charge in [0.2, 0.25) is 0 Å². The van der Waals surface area contributed by atoms with Crippen LogP contribution < -0.4 is 10.6 Å². The first-order valence-corrected chi connectivity index (χ1v) is 10.5. The van der Waals surface area contributed by atoms with Crippen LogP contribution in [0, 0.1) is 12.8 Å². The van der Waals surface area contributed by atoms with Crippen molar-refractivity contribution in [3.05, 3.63) is 16.1 Å². The molecule has 2 rings (SSSR count). The number of aromatic nitrogens is 1. The van der Waals surface area contributed by atoms with Crippen LogP contribution in [-0.4, -0.2) is 60.8 Å². The fourth-order valence-corrected chi connectivity index (χ4v) is 3.66. The van der Waals surface area contributed by atoms with Crippen molar-refractivity contribution in [2.24, 2.45) is 10.9 Å².